The molecule has 2 amide bonds. The molecule has 1 atom stereocenters. The van der Waals surface area contributed by atoms with E-state index < -0.39 is 11.6 Å². The van der Waals surface area contributed by atoms with E-state index in [4.69, 9.17) is 5.73 Å². The van der Waals surface area contributed by atoms with E-state index in [0.29, 0.717) is 6.04 Å². The van der Waals surface area contributed by atoms with Crippen LogP contribution in [0.4, 0.5) is 0 Å². The standard InChI is InChI=1S/C11H19N3O2/c1-7(9(15)14-8-3-4-8)13-10(16)11(12)5-2-6-11/h7-8H,2-6,12H2,1H3,(H,13,16)(H,14,15). The quantitative estimate of drug-likeness (QED) is 0.611. The Labute approximate surface area is 95.1 Å². The van der Waals surface area contributed by atoms with Crippen LogP contribution in [0.1, 0.15) is 39.0 Å². The summed E-state index contributed by atoms with van der Waals surface area (Å²) < 4.78 is 0. The average Bonchev–Trinajstić information content (AvgIpc) is 2.97. The first-order valence-electron chi connectivity index (χ1n) is 5.91. The molecule has 90 valence electrons. The summed E-state index contributed by atoms with van der Waals surface area (Å²) in [5, 5.41) is 5.53. The van der Waals surface area contributed by atoms with Crippen LogP contribution in [0.2, 0.25) is 0 Å². The maximum Gasteiger partial charge on any atom is 0.242 e. The van der Waals surface area contributed by atoms with Gasteiger partial charge in [-0.2, -0.15) is 0 Å². The molecule has 0 aromatic carbocycles. The van der Waals surface area contributed by atoms with Crippen molar-refractivity contribution in [1.29, 1.82) is 0 Å². The van der Waals surface area contributed by atoms with Gasteiger partial charge in [-0.3, -0.25) is 9.59 Å². The van der Waals surface area contributed by atoms with Crippen molar-refractivity contribution in [2.45, 2.75) is 56.7 Å². The molecule has 2 aliphatic carbocycles. The van der Waals surface area contributed by atoms with Gasteiger partial charge in [-0.15, -0.1) is 0 Å². The molecule has 16 heavy (non-hydrogen) atoms. The SMILES string of the molecule is CC(NC(=O)C1(N)CCC1)C(=O)NC1CC1. The third kappa shape index (κ3) is 2.35. The average molecular weight is 225 g/mol. The number of hydrogen-bond acceptors (Lipinski definition) is 3. The second-order valence-corrected chi connectivity index (χ2v) is 4.99. The fourth-order valence-electron chi connectivity index (χ4n) is 1.74. The minimum absolute atomic E-state index is 0.112. The van der Waals surface area contributed by atoms with E-state index in [1.165, 1.54) is 0 Å². The first kappa shape index (κ1) is 11.4. The number of nitrogens with one attached hydrogen (secondary N) is 2. The maximum atomic E-state index is 11.7. The Morgan fingerprint density at radius 3 is 2.44 bits per heavy atom. The lowest BCUT2D eigenvalue weighted by Gasteiger charge is -2.36. The molecule has 0 saturated heterocycles. The Balaban J connectivity index is 1.78. The van der Waals surface area contributed by atoms with E-state index in [9.17, 15) is 9.59 Å². The number of carbonyl (C=O) groups is 2. The van der Waals surface area contributed by atoms with Crippen LogP contribution in [-0.4, -0.2) is 29.4 Å². The van der Waals surface area contributed by atoms with Crippen molar-refractivity contribution in [3.8, 4) is 0 Å². The lowest BCUT2D eigenvalue weighted by atomic mass is 9.77. The molecule has 4 N–H and O–H groups in total. The third-order valence-corrected chi connectivity index (χ3v) is 3.36. The Bertz CT molecular complexity index is 308. The Hall–Kier alpha value is -1.10. The van der Waals surface area contributed by atoms with Gasteiger partial charge in [-0.1, -0.05) is 0 Å². The smallest absolute Gasteiger partial charge is 0.242 e. The Kier molecular flexibility index (Phi) is 2.88. The lowest BCUT2D eigenvalue weighted by molar-refractivity contribution is -0.133. The van der Waals surface area contributed by atoms with E-state index >= 15 is 0 Å². The Morgan fingerprint density at radius 2 is 2.00 bits per heavy atom. The van der Waals surface area contributed by atoms with Crippen molar-refractivity contribution in [1.82, 2.24) is 10.6 Å². The van der Waals surface area contributed by atoms with Crippen molar-refractivity contribution in [2.24, 2.45) is 5.73 Å². The van der Waals surface area contributed by atoms with E-state index in [-0.39, 0.29) is 11.8 Å². The number of carbonyl (C=O) groups excluding carboxylic acids is 2. The monoisotopic (exact) mass is 225 g/mol. The van der Waals surface area contributed by atoms with E-state index in [0.717, 1.165) is 32.1 Å². The Morgan fingerprint density at radius 1 is 1.38 bits per heavy atom. The fourth-order valence-corrected chi connectivity index (χ4v) is 1.74. The molecule has 2 aliphatic rings. The van der Waals surface area contributed by atoms with Crippen molar-refractivity contribution in [2.75, 3.05) is 0 Å². The van der Waals surface area contributed by atoms with E-state index in [1.54, 1.807) is 6.92 Å². The van der Waals surface area contributed by atoms with Crippen LogP contribution in [0.15, 0.2) is 0 Å². The molecule has 0 heterocycles. The van der Waals surface area contributed by atoms with Crippen molar-refractivity contribution < 1.29 is 9.59 Å². The van der Waals surface area contributed by atoms with Gasteiger partial charge in [-0.25, -0.2) is 0 Å². The van der Waals surface area contributed by atoms with Gasteiger partial charge in [-0.05, 0) is 39.0 Å². The summed E-state index contributed by atoms with van der Waals surface area (Å²) in [6, 6.07) is -0.170. The van der Waals surface area contributed by atoms with E-state index in [2.05, 4.69) is 10.6 Å². The molecule has 2 fully saturated rings. The van der Waals surface area contributed by atoms with Crippen LogP contribution in [0.5, 0.6) is 0 Å². The second-order valence-electron chi connectivity index (χ2n) is 4.99. The highest BCUT2D eigenvalue weighted by molar-refractivity contribution is 5.92. The summed E-state index contributed by atoms with van der Waals surface area (Å²) >= 11 is 0. The number of hydrogen-bond donors (Lipinski definition) is 3. The molecule has 0 spiro atoms. The molecule has 0 aliphatic heterocycles. The number of amides is 2. The van der Waals surface area contributed by atoms with Crippen molar-refractivity contribution in [3.05, 3.63) is 0 Å². The summed E-state index contributed by atoms with van der Waals surface area (Å²) in [7, 11) is 0. The normalized spacial score (nSPS) is 24.1. The maximum absolute atomic E-state index is 11.7. The molecule has 5 nitrogen and oxygen atoms in total. The zero-order valence-electron chi connectivity index (χ0n) is 9.58. The minimum Gasteiger partial charge on any atom is -0.352 e. The molecule has 0 radical (unpaired) electrons. The molecule has 2 rings (SSSR count). The molecule has 1 unspecified atom stereocenters. The van der Waals surface area contributed by atoms with Gasteiger partial charge in [0.2, 0.25) is 11.8 Å². The molecular formula is C11H19N3O2. The third-order valence-electron chi connectivity index (χ3n) is 3.36. The van der Waals surface area contributed by atoms with E-state index in [1.807, 2.05) is 0 Å². The van der Waals surface area contributed by atoms with Crippen molar-refractivity contribution >= 4 is 11.8 Å². The molecule has 5 heteroatoms. The molecule has 0 aromatic heterocycles. The summed E-state index contributed by atoms with van der Waals surface area (Å²) in [4.78, 5) is 23.3. The zero-order valence-corrected chi connectivity index (χ0v) is 9.58. The summed E-state index contributed by atoms with van der Waals surface area (Å²) in [5.41, 5.74) is 5.14. The van der Waals surface area contributed by atoms with Crippen LogP contribution in [-0.2, 0) is 9.59 Å². The fraction of sp³-hybridized carbons (Fsp3) is 0.818. The van der Waals surface area contributed by atoms with Gasteiger partial charge < -0.3 is 16.4 Å². The van der Waals surface area contributed by atoms with Gasteiger partial charge in [0.1, 0.15) is 6.04 Å². The highest BCUT2D eigenvalue weighted by atomic mass is 16.2. The minimum atomic E-state index is -0.728. The summed E-state index contributed by atoms with van der Waals surface area (Å²) in [5.74, 6) is -0.309. The second kappa shape index (κ2) is 4.05. The zero-order chi connectivity index (χ0) is 11.8. The molecule has 0 aromatic rings. The van der Waals surface area contributed by atoms with Gasteiger partial charge in [0, 0.05) is 6.04 Å². The first-order valence-corrected chi connectivity index (χ1v) is 5.91. The highest BCUT2D eigenvalue weighted by Crippen LogP contribution is 2.29. The van der Waals surface area contributed by atoms with Crippen LogP contribution >= 0.6 is 0 Å². The van der Waals surface area contributed by atoms with Gasteiger partial charge in [0.15, 0.2) is 0 Å². The summed E-state index contributed by atoms with van der Waals surface area (Å²) in [6.07, 6.45) is 4.53. The molecular weight excluding hydrogens is 206 g/mol. The predicted molar refractivity (Wildman–Crippen MR) is 59.5 cm³/mol. The highest BCUT2D eigenvalue weighted by Gasteiger charge is 2.41. The number of rotatable bonds is 4. The van der Waals surface area contributed by atoms with Gasteiger partial charge in [0.05, 0.1) is 5.54 Å². The van der Waals surface area contributed by atoms with Crippen LogP contribution in [0.3, 0.4) is 0 Å². The topological polar surface area (TPSA) is 84.2 Å². The largest absolute Gasteiger partial charge is 0.352 e. The number of nitrogens with two attached hydrogens (primary N) is 1. The van der Waals surface area contributed by atoms with Crippen molar-refractivity contribution in [3.63, 3.8) is 0 Å². The van der Waals surface area contributed by atoms with Crippen LogP contribution < -0.4 is 16.4 Å². The molecule has 0 bridgehead atoms. The van der Waals surface area contributed by atoms with Gasteiger partial charge >= 0.3 is 0 Å². The lowest BCUT2D eigenvalue weighted by Crippen LogP contribution is -2.61. The van der Waals surface area contributed by atoms with Gasteiger partial charge in [0.25, 0.3) is 0 Å². The van der Waals surface area contributed by atoms with Crippen LogP contribution in [0, 0.1) is 0 Å². The first-order chi connectivity index (χ1) is 7.51. The summed E-state index contributed by atoms with van der Waals surface area (Å²) in [6.45, 7) is 1.69. The van der Waals surface area contributed by atoms with Crippen LogP contribution in [0.25, 0.3) is 0 Å². The predicted octanol–water partition coefficient (Wildman–Crippen LogP) is -0.349. The molecule has 2 saturated carbocycles.